The molecule has 0 saturated heterocycles. The van der Waals surface area contributed by atoms with Gasteiger partial charge in [0.2, 0.25) is 0 Å². The molecule has 19 heavy (non-hydrogen) atoms. The summed E-state index contributed by atoms with van der Waals surface area (Å²) in [6, 6.07) is 0. The highest BCUT2D eigenvalue weighted by molar-refractivity contribution is 7.07. The van der Waals surface area contributed by atoms with E-state index in [0.717, 1.165) is 44.0 Å². The van der Waals surface area contributed by atoms with Gasteiger partial charge in [-0.1, -0.05) is 19.8 Å². The van der Waals surface area contributed by atoms with E-state index in [1.807, 2.05) is 5.51 Å². The first-order valence-corrected chi connectivity index (χ1v) is 8.21. The zero-order valence-corrected chi connectivity index (χ0v) is 12.8. The molecule has 0 spiro atoms. The Morgan fingerprint density at radius 1 is 1.53 bits per heavy atom. The third-order valence-corrected chi connectivity index (χ3v) is 4.65. The van der Waals surface area contributed by atoms with Crippen molar-refractivity contribution in [2.24, 2.45) is 11.8 Å². The highest BCUT2D eigenvalue weighted by Gasteiger charge is 2.28. The first kappa shape index (κ1) is 14.7. The maximum absolute atomic E-state index is 12.0. The summed E-state index contributed by atoms with van der Waals surface area (Å²) in [5.74, 6) is 1.48. The lowest BCUT2D eigenvalue weighted by atomic mass is 9.78. The summed E-state index contributed by atoms with van der Waals surface area (Å²) in [6.07, 6.45) is 5.51. The number of thiazole rings is 1. The lowest BCUT2D eigenvalue weighted by Gasteiger charge is -2.30. The minimum atomic E-state index is 0.244. The van der Waals surface area contributed by atoms with E-state index in [-0.39, 0.29) is 5.92 Å². The molecule has 3 nitrogen and oxygen atoms in total. The SMILES string of the molecule is CCCC1CCC(=O)C(CN(C)Cc2cscn2)C1. The van der Waals surface area contributed by atoms with Crippen LogP contribution in [0.3, 0.4) is 0 Å². The summed E-state index contributed by atoms with van der Waals surface area (Å²) in [6.45, 7) is 3.97. The number of hydrogen-bond donors (Lipinski definition) is 0. The molecular formula is C15H24N2OS. The largest absolute Gasteiger partial charge is 0.300 e. The van der Waals surface area contributed by atoms with Crippen LogP contribution in [0.25, 0.3) is 0 Å². The Balaban J connectivity index is 1.83. The summed E-state index contributed by atoms with van der Waals surface area (Å²) >= 11 is 1.63. The first-order chi connectivity index (χ1) is 9.19. The second-order valence-electron chi connectivity index (χ2n) is 5.77. The Hall–Kier alpha value is -0.740. The number of rotatable bonds is 6. The summed E-state index contributed by atoms with van der Waals surface area (Å²) in [5.41, 5.74) is 2.98. The molecular weight excluding hydrogens is 256 g/mol. The lowest BCUT2D eigenvalue weighted by Crippen LogP contribution is -2.34. The second kappa shape index (κ2) is 7.15. The normalized spacial score (nSPS) is 24.1. The van der Waals surface area contributed by atoms with Crippen LogP contribution in [-0.4, -0.2) is 29.3 Å². The predicted molar refractivity (Wildman–Crippen MR) is 79.2 cm³/mol. The van der Waals surface area contributed by atoms with Crippen LogP contribution in [0.5, 0.6) is 0 Å². The quantitative estimate of drug-likeness (QED) is 0.801. The number of nitrogens with zero attached hydrogens (tertiary/aromatic N) is 2. The molecule has 1 saturated carbocycles. The number of aromatic nitrogens is 1. The van der Waals surface area contributed by atoms with Gasteiger partial charge in [-0.2, -0.15) is 0 Å². The molecule has 4 heteroatoms. The molecule has 106 valence electrons. The Kier molecular flexibility index (Phi) is 5.52. The van der Waals surface area contributed by atoms with Crippen LogP contribution in [0.2, 0.25) is 0 Å². The molecule has 0 aliphatic heterocycles. The van der Waals surface area contributed by atoms with Gasteiger partial charge in [-0.15, -0.1) is 11.3 Å². The molecule has 1 heterocycles. The molecule has 1 aliphatic carbocycles. The molecule has 2 atom stereocenters. The molecule has 0 N–H and O–H groups in total. The van der Waals surface area contributed by atoms with Crippen LogP contribution >= 0.6 is 11.3 Å². The van der Waals surface area contributed by atoms with Crippen molar-refractivity contribution in [2.75, 3.05) is 13.6 Å². The van der Waals surface area contributed by atoms with Crippen molar-refractivity contribution in [3.05, 3.63) is 16.6 Å². The molecule has 0 radical (unpaired) electrons. The third kappa shape index (κ3) is 4.39. The fraction of sp³-hybridized carbons (Fsp3) is 0.733. The van der Waals surface area contributed by atoms with Gasteiger partial charge in [0.25, 0.3) is 0 Å². The molecule has 1 fully saturated rings. The monoisotopic (exact) mass is 280 g/mol. The third-order valence-electron chi connectivity index (χ3n) is 4.02. The summed E-state index contributed by atoms with van der Waals surface area (Å²) in [5, 5.41) is 2.08. The van der Waals surface area contributed by atoms with E-state index in [0.29, 0.717) is 5.78 Å². The maximum atomic E-state index is 12.0. The molecule has 1 aliphatic rings. The fourth-order valence-electron chi connectivity index (χ4n) is 3.08. The minimum absolute atomic E-state index is 0.244. The van der Waals surface area contributed by atoms with Crippen LogP contribution in [0, 0.1) is 11.8 Å². The Morgan fingerprint density at radius 2 is 2.37 bits per heavy atom. The highest BCUT2D eigenvalue weighted by Crippen LogP contribution is 2.30. The Morgan fingerprint density at radius 3 is 3.05 bits per heavy atom. The molecule has 2 unspecified atom stereocenters. The average molecular weight is 280 g/mol. The van der Waals surface area contributed by atoms with E-state index in [4.69, 9.17) is 0 Å². The molecule has 0 amide bonds. The number of ketones is 1. The molecule has 1 aromatic heterocycles. The lowest BCUT2D eigenvalue weighted by molar-refractivity contribution is -0.126. The van der Waals surface area contributed by atoms with Gasteiger partial charge in [0.1, 0.15) is 5.78 Å². The van der Waals surface area contributed by atoms with Gasteiger partial charge in [0, 0.05) is 30.8 Å². The predicted octanol–water partition coefficient (Wildman–Crippen LogP) is 3.36. The smallest absolute Gasteiger partial charge is 0.137 e. The van der Waals surface area contributed by atoms with Crippen molar-refractivity contribution < 1.29 is 4.79 Å². The maximum Gasteiger partial charge on any atom is 0.137 e. The number of hydrogen-bond acceptors (Lipinski definition) is 4. The van der Waals surface area contributed by atoms with Gasteiger partial charge in [0.05, 0.1) is 11.2 Å². The van der Waals surface area contributed by atoms with Crippen LogP contribution in [0.1, 0.15) is 44.7 Å². The van der Waals surface area contributed by atoms with Gasteiger partial charge in [-0.05, 0) is 25.8 Å². The van der Waals surface area contributed by atoms with Crippen LogP contribution in [-0.2, 0) is 11.3 Å². The zero-order chi connectivity index (χ0) is 13.7. The van der Waals surface area contributed by atoms with E-state index in [9.17, 15) is 4.79 Å². The van der Waals surface area contributed by atoms with Crippen molar-refractivity contribution >= 4 is 17.1 Å². The zero-order valence-electron chi connectivity index (χ0n) is 12.0. The van der Waals surface area contributed by atoms with Crippen molar-refractivity contribution in [1.29, 1.82) is 0 Å². The molecule has 0 bridgehead atoms. The van der Waals surface area contributed by atoms with Gasteiger partial charge >= 0.3 is 0 Å². The summed E-state index contributed by atoms with van der Waals surface area (Å²) < 4.78 is 0. The van der Waals surface area contributed by atoms with Gasteiger partial charge in [-0.3, -0.25) is 9.69 Å². The van der Waals surface area contributed by atoms with Crippen molar-refractivity contribution in [3.8, 4) is 0 Å². The number of Topliss-reactive ketones (excluding diaryl/α,β-unsaturated/α-hetero) is 1. The number of carbonyl (C=O) groups is 1. The van der Waals surface area contributed by atoms with Crippen molar-refractivity contribution in [1.82, 2.24) is 9.88 Å². The average Bonchev–Trinajstić information content (AvgIpc) is 2.86. The Labute approximate surface area is 120 Å². The van der Waals surface area contributed by atoms with Crippen LogP contribution in [0.4, 0.5) is 0 Å². The number of carbonyl (C=O) groups excluding carboxylic acids is 1. The molecule has 1 aromatic rings. The second-order valence-corrected chi connectivity index (χ2v) is 6.49. The van der Waals surface area contributed by atoms with E-state index in [1.54, 1.807) is 11.3 Å². The minimum Gasteiger partial charge on any atom is -0.300 e. The van der Waals surface area contributed by atoms with Crippen LogP contribution in [0.15, 0.2) is 10.9 Å². The molecule has 2 rings (SSSR count). The van der Waals surface area contributed by atoms with Gasteiger partial charge in [-0.25, -0.2) is 4.98 Å². The highest BCUT2D eigenvalue weighted by atomic mass is 32.1. The van der Waals surface area contributed by atoms with Crippen LogP contribution < -0.4 is 0 Å². The van der Waals surface area contributed by atoms with E-state index in [1.165, 1.54) is 12.8 Å². The van der Waals surface area contributed by atoms with E-state index < -0.39 is 0 Å². The fourth-order valence-corrected chi connectivity index (χ4v) is 3.63. The van der Waals surface area contributed by atoms with Crippen molar-refractivity contribution in [2.45, 2.75) is 45.6 Å². The summed E-state index contributed by atoms with van der Waals surface area (Å²) in [7, 11) is 2.09. The van der Waals surface area contributed by atoms with Gasteiger partial charge in [0.15, 0.2) is 0 Å². The summed E-state index contributed by atoms with van der Waals surface area (Å²) in [4.78, 5) is 18.6. The standard InChI is InChI=1S/C15H24N2OS/c1-3-4-12-5-6-15(18)13(7-12)8-17(2)9-14-10-19-11-16-14/h10-13H,3-9H2,1-2H3. The first-order valence-electron chi connectivity index (χ1n) is 7.27. The topological polar surface area (TPSA) is 33.2 Å². The van der Waals surface area contributed by atoms with Crippen molar-refractivity contribution in [3.63, 3.8) is 0 Å². The van der Waals surface area contributed by atoms with E-state index >= 15 is 0 Å². The van der Waals surface area contributed by atoms with E-state index in [2.05, 4.69) is 29.2 Å². The Bertz CT molecular complexity index is 391. The molecule has 0 aromatic carbocycles. The van der Waals surface area contributed by atoms with Gasteiger partial charge < -0.3 is 0 Å².